The highest BCUT2D eigenvalue weighted by Crippen LogP contribution is 2.35. The molecule has 3 aromatic rings. The molecule has 30 heavy (non-hydrogen) atoms. The van der Waals surface area contributed by atoms with Gasteiger partial charge in [-0.05, 0) is 39.7 Å². The van der Waals surface area contributed by atoms with Crippen LogP contribution in [0.4, 0.5) is 10.6 Å². The molecule has 1 amide bonds. The van der Waals surface area contributed by atoms with Crippen LogP contribution in [0.3, 0.4) is 0 Å². The molecule has 0 spiro atoms. The Morgan fingerprint density at radius 1 is 1.13 bits per heavy atom. The second-order valence-electron chi connectivity index (χ2n) is 9.19. The van der Waals surface area contributed by atoms with Crippen LogP contribution >= 0.6 is 0 Å². The highest BCUT2D eigenvalue weighted by Gasteiger charge is 2.45. The maximum Gasteiger partial charge on any atom is 0.410 e. The molecule has 5 heterocycles. The zero-order valence-corrected chi connectivity index (χ0v) is 17.8. The van der Waals surface area contributed by atoms with Crippen LogP contribution in [0.25, 0.3) is 16.8 Å². The van der Waals surface area contributed by atoms with Crippen molar-refractivity contribution >= 4 is 17.4 Å². The van der Waals surface area contributed by atoms with Crippen LogP contribution < -0.4 is 4.90 Å². The molecule has 0 aliphatic carbocycles. The quantitative estimate of drug-likeness (QED) is 0.647. The summed E-state index contributed by atoms with van der Waals surface area (Å²) in [6, 6.07) is 2.24. The van der Waals surface area contributed by atoms with Crippen LogP contribution in [-0.2, 0) is 11.8 Å². The first kappa shape index (κ1) is 18.9. The van der Waals surface area contributed by atoms with Crippen LogP contribution in [-0.4, -0.2) is 66.1 Å². The van der Waals surface area contributed by atoms with Crippen molar-refractivity contribution in [2.45, 2.75) is 51.3 Å². The van der Waals surface area contributed by atoms with Gasteiger partial charge in [-0.25, -0.2) is 14.3 Å². The number of ether oxygens (including phenoxy) is 1. The summed E-state index contributed by atoms with van der Waals surface area (Å²) in [5.74, 6) is 0.898. The third-order valence-electron chi connectivity index (χ3n) is 5.76. The minimum absolute atomic E-state index is 0.130. The predicted molar refractivity (Wildman–Crippen MR) is 112 cm³/mol. The van der Waals surface area contributed by atoms with Gasteiger partial charge in [-0.1, -0.05) is 0 Å². The van der Waals surface area contributed by atoms with E-state index in [1.54, 1.807) is 10.9 Å². The molecule has 158 valence electrons. The van der Waals surface area contributed by atoms with Crippen molar-refractivity contribution in [3.63, 3.8) is 0 Å². The van der Waals surface area contributed by atoms with E-state index in [1.807, 2.05) is 61.9 Å². The van der Waals surface area contributed by atoms with E-state index in [-0.39, 0.29) is 18.2 Å². The topological polar surface area (TPSA) is 80.8 Å². The molecule has 2 bridgehead atoms. The summed E-state index contributed by atoms with van der Waals surface area (Å²) in [4.78, 5) is 22.0. The maximum absolute atomic E-state index is 12.8. The van der Waals surface area contributed by atoms with Crippen LogP contribution in [0.2, 0.25) is 0 Å². The standard InChI is InChI=1S/C21H27N7O2/c1-21(2,3)30-20(29)28-15-5-6-16(28)12-26(11-15)19-18-7-8-22-27(18)13-17(24-19)14-9-23-25(4)10-14/h7-10,13,15-16H,5-6,11-12H2,1-4H3. The van der Waals surface area contributed by atoms with Crippen LogP contribution in [0, 0.1) is 0 Å². The van der Waals surface area contributed by atoms with Gasteiger partial charge in [-0.2, -0.15) is 10.2 Å². The lowest BCUT2D eigenvalue weighted by Gasteiger charge is -2.42. The van der Waals surface area contributed by atoms with E-state index in [0.29, 0.717) is 0 Å². The molecule has 0 N–H and O–H groups in total. The van der Waals surface area contributed by atoms with Gasteiger partial charge in [0.25, 0.3) is 0 Å². The lowest BCUT2D eigenvalue weighted by Crippen LogP contribution is -2.57. The smallest absolute Gasteiger partial charge is 0.410 e. The van der Waals surface area contributed by atoms with E-state index < -0.39 is 5.60 Å². The van der Waals surface area contributed by atoms with Gasteiger partial charge >= 0.3 is 6.09 Å². The molecule has 2 fully saturated rings. The molecule has 2 aliphatic heterocycles. The Labute approximate surface area is 175 Å². The fourth-order valence-corrected chi connectivity index (χ4v) is 4.52. The highest BCUT2D eigenvalue weighted by molar-refractivity contribution is 5.74. The van der Waals surface area contributed by atoms with Crippen molar-refractivity contribution in [3.05, 3.63) is 30.9 Å². The number of nitrogens with zero attached hydrogens (tertiary/aromatic N) is 7. The molecule has 5 rings (SSSR count). The predicted octanol–water partition coefficient (Wildman–Crippen LogP) is 2.72. The summed E-state index contributed by atoms with van der Waals surface area (Å²) in [6.45, 7) is 7.20. The molecule has 2 unspecified atom stereocenters. The first-order valence-electron chi connectivity index (χ1n) is 10.4. The summed E-state index contributed by atoms with van der Waals surface area (Å²) in [6.07, 6.45) is 9.25. The number of aryl methyl sites for hydroxylation is 1. The third-order valence-corrected chi connectivity index (χ3v) is 5.76. The maximum atomic E-state index is 12.8. The molecule has 0 saturated carbocycles. The molecular formula is C21H27N7O2. The number of carbonyl (C=O) groups is 1. The van der Waals surface area contributed by atoms with Crippen molar-refractivity contribution in [2.24, 2.45) is 7.05 Å². The Balaban J connectivity index is 1.46. The Hall–Kier alpha value is -3.10. The van der Waals surface area contributed by atoms with E-state index >= 15 is 0 Å². The molecule has 3 aromatic heterocycles. The number of carbonyl (C=O) groups excluding carboxylic acids is 1. The van der Waals surface area contributed by atoms with Crippen molar-refractivity contribution in [3.8, 4) is 11.3 Å². The fraction of sp³-hybridized carbons (Fsp3) is 0.524. The number of piperazine rings is 1. The zero-order chi connectivity index (χ0) is 21.0. The van der Waals surface area contributed by atoms with Gasteiger partial charge < -0.3 is 9.64 Å². The van der Waals surface area contributed by atoms with E-state index in [4.69, 9.17) is 9.72 Å². The monoisotopic (exact) mass is 409 g/mol. The first-order valence-corrected chi connectivity index (χ1v) is 10.4. The van der Waals surface area contributed by atoms with Gasteiger partial charge in [0.2, 0.25) is 0 Å². The van der Waals surface area contributed by atoms with Crippen molar-refractivity contribution in [1.82, 2.24) is 29.3 Å². The highest BCUT2D eigenvalue weighted by atomic mass is 16.6. The Kier molecular flexibility index (Phi) is 4.23. The van der Waals surface area contributed by atoms with E-state index in [2.05, 4.69) is 15.1 Å². The van der Waals surface area contributed by atoms with Gasteiger partial charge in [0.05, 0.1) is 36.4 Å². The molecule has 0 aromatic carbocycles. The summed E-state index contributed by atoms with van der Waals surface area (Å²) in [7, 11) is 1.89. The third kappa shape index (κ3) is 3.28. The largest absolute Gasteiger partial charge is 0.444 e. The molecule has 2 aliphatic rings. The summed E-state index contributed by atoms with van der Waals surface area (Å²) < 4.78 is 9.30. The summed E-state index contributed by atoms with van der Waals surface area (Å²) in [5.41, 5.74) is 2.26. The second kappa shape index (κ2) is 6.72. The van der Waals surface area contributed by atoms with E-state index in [1.165, 1.54) is 0 Å². The van der Waals surface area contributed by atoms with Gasteiger partial charge in [-0.15, -0.1) is 0 Å². The molecule has 0 radical (unpaired) electrons. The minimum Gasteiger partial charge on any atom is -0.444 e. The molecule has 2 atom stereocenters. The zero-order valence-electron chi connectivity index (χ0n) is 17.8. The Morgan fingerprint density at radius 3 is 2.50 bits per heavy atom. The number of hydrogen-bond acceptors (Lipinski definition) is 6. The summed E-state index contributed by atoms with van der Waals surface area (Å²) in [5, 5.41) is 8.71. The van der Waals surface area contributed by atoms with Gasteiger partial charge in [-0.3, -0.25) is 9.58 Å². The minimum atomic E-state index is -0.489. The van der Waals surface area contributed by atoms with Gasteiger partial charge in [0, 0.05) is 31.9 Å². The second-order valence-corrected chi connectivity index (χ2v) is 9.19. The van der Waals surface area contributed by atoms with Crippen molar-refractivity contribution in [2.75, 3.05) is 18.0 Å². The number of anilines is 1. The average Bonchev–Trinajstić information content (AvgIpc) is 3.37. The number of aromatic nitrogens is 5. The van der Waals surface area contributed by atoms with Crippen LogP contribution in [0.15, 0.2) is 30.9 Å². The normalized spacial score (nSPS) is 21.5. The van der Waals surface area contributed by atoms with E-state index in [9.17, 15) is 4.79 Å². The van der Waals surface area contributed by atoms with Gasteiger partial charge in [0.15, 0.2) is 5.82 Å². The SMILES string of the molecule is Cn1cc(-c2cn3nccc3c(N3CC4CCC(C3)N4C(=O)OC(C)(C)C)n2)cn1. The lowest BCUT2D eigenvalue weighted by atomic mass is 10.1. The average molecular weight is 409 g/mol. The Bertz CT molecular complexity index is 1080. The lowest BCUT2D eigenvalue weighted by molar-refractivity contribution is 0.0123. The number of amides is 1. The number of fused-ring (bicyclic) bond motifs is 3. The summed E-state index contributed by atoms with van der Waals surface area (Å²) >= 11 is 0. The number of rotatable bonds is 2. The molecule has 2 saturated heterocycles. The van der Waals surface area contributed by atoms with Crippen molar-refractivity contribution < 1.29 is 9.53 Å². The van der Waals surface area contributed by atoms with Crippen LogP contribution in [0.5, 0.6) is 0 Å². The first-order chi connectivity index (χ1) is 14.3. The molecule has 9 nitrogen and oxygen atoms in total. The fourth-order valence-electron chi connectivity index (χ4n) is 4.52. The molecule has 9 heteroatoms. The number of hydrogen-bond donors (Lipinski definition) is 0. The van der Waals surface area contributed by atoms with Crippen LogP contribution in [0.1, 0.15) is 33.6 Å². The molecular weight excluding hydrogens is 382 g/mol. The van der Waals surface area contributed by atoms with Crippen molar-refractivity contribution in [1.29, 1.82) is 0 Å². The Morgan fingerprint density at radius 2 is 1.87 bits per heavy atom. The van der Waals surface area contributed by atoms with Gasteiger partial charge in [0.1, 0.15) is 11.1 Å². The van der Waals surface area contributed by atoms with E-state index in [0.717, 1.165) is 48.5 Å².